The number of amides is 1. The third kappa shape index (κ3) is 2.83. The Morgan fingerprint density at radius 3 is 2.64 bits per heavy atom. The largest absolute Gasteiger partial charge is 0.306 e. The molecule has 0 bridgehead atoms. The summed E-state index contributed by atoms with van der Waals surface area (Å²) in [4.78, 5) is 24.6. The highest BCUT2D eigenvalue weighted by Gasteiger charge is 2.12. The van der Waals surface area contributed by atoms with Crippen LogP contribution in [0.15, 0.2) is 67.4 Å². The maximum atomic E-state index is 14.0. The molecule has 0 aliphatic heterocycles. The highest BCUT2D eigenvalue weighted by Crippen LogP contribution is 2.22. The fraction of sp³-hybridized carbons (Fsp3) is 0. The Hall–Kier alpha value is -3.61. The monoisotopic (exact) mass is 333 g/mol. The number of pyridine rings is 1. The van der Waals surface area contributed by atoms with Crippen LogP contribution in [0.25, 0.3) is 16.9 Å². The van der Waals surface area contributed by atoms with Crippen molar-refractivity contribution in [3.8, 4) is 11.3 Å². The van der Waals surface area contributed by atoms with Gasteiger partial charge in [-0.25, -0.2) is 9.37 Å². The van der Waals surface area contributed by atoms with Gasteiger partial charge in [0.15, 0.2) is 5.65 Å². The van der Waals surface area contributed by atoms with Gasteiger partial charge in [0.2, 0.25) is 0 Å². The summed E-state index contributed by atoms with van der Waals surface area (Å²) in [6, 6.07) is 9.62. The number of hydrogen-bond donors (Lipinski definition) is 1. The summed E-state index contributed by atoms with van der Waals surface area (Å²) < 4.78 is 15.7. The van der Waals surface area contributed by atoms with Crippen LogP contribution in [0.5, 0.6) is 0 Å². The van der Waals surface area contributed by atoms with E-state index in [1.54, 1.807) is 53.3 Å². The van der Waals surface area contributed by atoms with E-state index in [0.717, 1.165) is 0 Å². The standard InChI is InChI=1S/C18H12FN5O/c19-14-4-2-1-3-13(14)15-11-24-16(9-21-15)22-10-17(24)23-18(25)12-5-7-20-8-6-12/h1-11H,(H,23,25). The molecule has 3 heterocycles. The lowest BCUT2D eigenvalue weighted by atomic mass is 10.1. The van der Waals surface area contributed by atoms with E-state index < -0.39 is 0 Å². The Kier molecular flexibility index (Phi) is 3.66. The first-order valence-electron chi connectivity index (χ1n) is 7.52. The first-order chi connectivity index (χ1) is 12.2. The summed E-state index contributed by atoms with van der Waals surface area (Å²) in [5, 5.41) is 2.79. The Morgan fingerprint density at radius 1 is 1.04 bits per heavy atom. The molecule has 4 aromatic rings. The smallest absolute Gasteiger partial charge is 0.256 e. The van der Waals surface area contributed by atoms with Crippen LogP contribution in [-0.4, -0.2) is 25.3 Å². The lowest BCUT2D eigenvalue weighted by Crippen LogP contribution is -2.13. The minimum absolute atomic E-state index is 0.284. The summed E-state index contributed by atoms with van der Waals surface area (Å²) in [6.45, 7) is 0. The summed E-state index contributed by atoms with van der Waals surface area (Å²) in [7, 11) is 0. The number of rotatable bonds is 3. The van der Waals surface area contributed by atoms with Gasteiger partial charge in [0, 0.05) is 29.7 Å². The quantitative estimate of drug-likeness (QED) is 0.625. The zero-order valence-electron chi connectivity index (χ0n) is 12.9. The predicted molar refractivity (Wildman–Crippen MR) is 90.6 cm³/mol. The molecule has 0 saturated heterocycles. The molecule has 0 aliphatic rings. The number of nitrogens with zero attached hydrogens (tertiary/aromatic N) is 4. The number of halogens is 1. The predicted octanol–water partition coefficient (Wildman–Crippen LogP) is 3.18. The van der Waals surface area contributed by atoms with Crippen LogP contribution in [0.2, 0.25) is 0 Å². The molecule has 1 N–H and O–H groups in total. The molecule has 1 amide bonds. The van der Waals surface area contributed by atoms with Gasteiger partial charge in [-0.3, -0.25) is 19.2 Å². The van der Waals surface area contributed by atoms with Gasteiger partial charge in [0.05, 0.1) is 18.1 Å². The molecule has 0 spiro atoms. The first-order valence-corrected chi connectivity index (χ1v) is 7.52. The molecular formula is C18H12FN5O. The average Bonchev–Trinajstić information content (AvgIpc) is 3.05. The molecule has 0 radical (unpaired) electrons. The number of hydrogen-bond acceptors (Lipinski definition) is 4. The lowest BCUT2D eigenvalue weighted by molar-refractivity contribution is 0.102. The molecule has 7 heteroatoms. The van der Waals surface area contributed by atoms with E-state index in [2.05, 4.69) is 20.3 Å². The maximum Gasteiger partial charge on any atom is 0.256 e. The van der Waals surface area contributed by atoms with Crippen molar-refractivity contribution in [2.24, 2.45) is 0 Å². The minimum Gasteiger partial charge on any atom is -0.306 e. The molecule has 1 aromatic carbocycles. The molecule has 0 fully saturated rings. The van der Waals surface area contributed by atoms with Crippen LogP contribution in [0.3, 0.4) is 0 Å². The number of carbonyl (C=O) groups excluding carboxylic acids is 1. The molecular weight excluding hydrogens is 321 g/mol. The second-order valence-corrected chi connectivity index (χ2v) is 5.31. The van der Waals surface area contributed by atoms with Crippen LogP contribution in [0, 0.1) is 5.82 Å². The molecule has 0 unspecified atom stereocenters. The lowest BCUT2D eigenvalue weighted by Gasteiger charge is -2.07. The Balaban J connectivity index is 1.72. The second kappa shape index (κ2) is 6.12. The summed E-state index contributed by atoms with van der Waals surface area (Å²) in [5.74, 6) is -0.179. The van der Waals surface area contributed by atoms with E-state index in [1.165, 1.54) is 18.5 Å². The zero-order chi connectivity index (χ0) is 17.2. The van der Waals surface area contributed by atoms with E-state index in [1.807, 2.05) is 0 Å². The molecule has 0 aliphatic carbocycles. The normalized spacial score (nSPS) is 10.8. The van der Waals surface area contributed by atoms with E-state index in [9.17, 15) is 9.18 Å². The SMILES string of the molecule is O=C(Nc1cnc2cnc(-c3ccccc3F)cn12)c1ccncc1. The number of aromatic nitrogens is 4. The number of benzene rings is 1. The van der Waals surface area contributed by atoms with Gasteiger partial charge in [-0.15, -0.1) is 0 Å². The van der Waals surface area contributed by atoms with Crippen LogP contribution in [-0.2, 0) is 0 Å². The first kappa shape index (κ1) is 14.9. The van der Waals surface area contributed by atoms with Crippen molar-refractivity contribution in [3.63, 3.8) is 0 Å². The van der Waals surface area contributed by atoms with Crippen molar-refractivity contribution >= 4 is 17.4 Å². The van der Waals surface area contributed by atoms with Crippen molar-refractivity contribution in [2.75, 3.05) is 5.32 Å². The average molecular weight is 333 g/mol. The fourth-order valence-corrected chi connectivity index (χ4v) is 2.48. The van der Waals surface area contributed by atoms with E-state index in [4.69, 9.17) is 0 Å². The zero-order valence-corrected chi connectivity index (χ0v) is 12.9. The highest BCUT2D eigenvalue weighted by molar-refractivity contribution is 6.03. The number of nitrogens with one attached hydrogen (secondary N) is 1. The van der Waals surface area contributed by atoms with Gasteiger partial charge in [-0.1, -0.05) is 12.1 Å². The molecule has 4 rings (SSSR count). The Morgan fingerprint density at radius 2 is 1.84 bits per heavy atom. The van der Waals surface area contributed by atoms with Crippen LogP contribution >= 0.6 is 0 Å². The van der Waals surface area contributed by atoms with Crippen molar-refractivity contribution in [1.82, 2.24) is 19.4 Å². The van der Waals surface area contributed by atoms with Gasteiger partial charge < -0.3 is 5.32 Å². The van der Waals surface area contributed by atoms with Gasteiger partial charge in [0.1, 0.15) is 11.6 Å². The highest BCUT2D eigenvalue weighted by atomic mass is 19.1. The summed E-state index contributed by atoms with van der Waals surface area (Å²) in [5.41, 5.74) is 1.85. The molecule has 3 aromatic heterocycles. The van der Waals surface area contributed by atoms with E-state index in [0.29, 0.717) is 28.3 Å². The Labute approximate surface area is 142 Å². The molecule has 6 nitrogen and oxygen atoms in total. The van der Waals surface area contributed by atoms with Crippen molar-refractivity contribution < 1.29 is 9.18 Å². The topological polar surface area (TPSA) is 72.2 Å². The maximum absolute atomic E-state index is 14.0. The molecule has 0 atom stereocenters. The van der Waals surface area contributed by atoms with Crippen molar-refractivity contribution in [2.45, 2.75) is 0 Å². The Bertz CT molecular complexity index is 1060. The fourth-order valence-electron chi connectivity index (χ4n) is 2.48. The summed E-state index contributed by atoms with van der Waals surface area (Å²) >= 11 is 0. The van der Waals surface area contributed by atoms with Crippen LogP contribution in [0.1, 0.15) is 10.4 Å². The van der Waals surface area contributed by atoms with E-state index >= 15 is 0 Å². The van der Waals surface area contributed by atoms with Gasteiger partial charge in [-0.2, -0.15) is 0 Å². The molecule has 122 valence electrons. The summed E-state index contributed by atoms with van der Waals surface area (Å²) in [6.07, 6.45) is 7.79. The molecule has 25 heavy (non-hydrogen) atoms. The van der Waals surface area contributed by atoms with Crippen LogP contribution < -0.4 is 5.32 Å². The second-order valence-electron chi connectivity index (χ2n) is 5.31. The molecule has 0 saturated carbocycles. The third-order valence-corrected chi connectivity index (χ3v) is 3.73. The minimum atomic E-state index is -0.364. The number of imidazole rings is 1. The van der Waals surface area contributed by atoms with Crippen molar-refractivity contribution in [3.05, 3.63) is 78.8 Å². The number of carbonyl (C=O) groups is 1. The van der Waals surface area contributed by atoms with Crippen LogP contribution in [0.4, 0.5) is 10.2 Å². The van der Waals surface area contributed by atoms with Crippen molar-refractivity contribution in [1.29, 1.82) is 0 Å². The number of fused-ring (bicyclic) bond motifs is 1. The number of anilines is 1. The van der Waals surface area contributed by atoms with Gasteiger partial charge in [-0.05, 0) is 24.3 Å². The van der Waals surface area contributed by atoms with E-state index in [-0.39, 0.29) is 11.7 Å². The van der Waals surface area contributed by atoms with Gasteiger partial charge in [0.25, 0.3) is 5.91 Å². The third-order valence-electron chi connectivity index (χ3n) is 3.73. The van der Waals surface area contributed by atoms with Gasteiger partial charge >= 0.3 is 0 Å².